The minimum Gasteiger partial charge on any atom is -0.395 e. The fraction of sp³-hybridized carbons (Fsp3) is 1.00. The van der Waals surface area contributed by atoms with Gasteiger partial charge in [-0.15, -0.1) is 0 Å². The Balaban J connectivity index is 2.32. The van der Waals surface area contributed by atoms with E-state index in [0.717, 1.165) is 5.92 Å². The molecule has 72 valence electrons. The van der Waals surface area contributed by atoms with Crippen LogP contribution in [0.3, 0.4) is 0 Å². The minimum atomic E-state index is 0.287. The van der Waals surface area contributed by atoms with Gasteiger partial charge in [0.2, 0.25) is 0 Å². The van der Waals surface area contributed by atoms with Gasteiger partial charge in [-0.3, -0.25) is 0 Å². The number of aliphatic hydroxyl groups is 1. The highest BCUT2D eigenvalue weighted by Crippen LogP contribution is 2.30. The third-order valence-electron chi connectivity index (χ3n) is 3.20. The summed E-state index contributed by atoms with van der Waals surface area (Å²) in [6.07, 6.45) is 5.24. The first-order valence-electron chi connectivity index (χ1n) is 5.06. The van der Waals surface area contributed by atoms with E-state index in [1.165, 1.54) is 25.7 Å². The number of likely N-dealkylation sites (N-methyl/N-ethyl adjacent to an activating group) is 1. The van der Waals surface area contributed by atoms with E-state index in [1.807, 2.05) is 7.05 Å². The van der Waals surface area contributed by atoms with Gasteiger partial charge in [0.1, 0.15) is 0 Å². The van der Waals surface area contributed by atoms with Crippen molar-refractivity contribution in [3.63, 3.8) is 0 Å². The van der Waals surface area contributed by atoms with E-state index in [2.05, 4.69) is 12.2 Å². The van der Waals surface area contributed by atoms with Crippen molar-refractivity contribution < 1.29 is 5.11 Å². The van der Waals surface area contributed by atoms with Crippen molar-refractivity contribution in [1.82, 2.24) is 5.32 Å². The monoisotopic (exact) mass is 171 g/mol. The fourth-order valence-corrected chi connectivity index (χ4v) is 2.16. The van der Waals surface area contributed by atoms with Crippen LogP contribution in [0.4, 0.5) is 0 Å². The lowest BCUT2D eigenvalue weighted by Crippen LogP contribution is -2.38. The topological polar surface area (TPSA) is 32.3 Å². The fourth-order valence-electron chi connectivity index (χ4n) is 2.16. The van der Waals surface area contributed by atoms with Crippen molar-refractivity contribution in [2.75, 3.05) is 13.7 Å². The lowest BCUT2D eigenvalue weighted by Gasteiger charge is -2.31. The van der Waals surface area contributed by atoms with Gasteiger partial charge in [0.25, 0.3) is 0 Å². The zero-order valence-corrected chi connectivity index (χ0v) is 8.21. The van der Waals surface area contributed by atoms with E-state index < -0.39 is 0 Å². The second-order valence-corrected chi connectivity index (χ2v) is 4.10. The molecule has 1 aliphatic carbocycles. The molecule has 0 saturated heterocycles. The summed E-state index contributed by atoms with van der Waals surface area (Å²) in [5, 5.41) is 12.3. The Kier molecular flexibility index (Phi) is 4.02. The largest absolute Gasteiger partial charge is 0.395 e. The van der Waals surface area contributed by atoms with Crippen molar-refractivity contribution >= 4 is 0 Å². The quantitative estimate of drug-likeness (QED) is 0.672. The summed E-state index contributed by atoms with van der Waals surface area (Å²) in [7, 11) is 1.94. The first-order valence-corrected chi connectivity index (χ1v) is 5.06. The Bertz CT molecular complexity index is 115. The summed E-state index contributed by atoms with van der Waals surface area (Å²) in [5.41, 5.74) is 0. The molecule has 2 heteroatoms. The SMILES string of the molecule is CNC(CO)C1CCC(C)CC1. The predicted octanol–water partition coefficient (Wildman–Crippen LogP) is 1.39. The van der Waals surface area contributed by atoms with Crippen molar-refractivity contribution in [2.45, 2.75) is 38.6 Å². The van der Waals surface area contributed by atoms with Crippen LogP contribution in [0.2, 0.25) is 0 Å². The zero-order valence-electron chi connectivity index (χ0n) is 8.21. The van der Waals surface area contributed by atoms with Gasteiger partial charge in [-0.25, -0.2) is 0 Å². The average molecular weight is 171 g/mol. The second kappa shape index (κ2) is 4.83. The maximum Gasteiger partial charge on any atom is 0.0587 e. The van der Waals surface area contributed by atoms with Crippen LogP contribution in [-0.2, 0) is 0 Å². The van der Waals surface area contributed by atoms with Gasteiger partial charge in [-0.2, -0.15) is 0 Å². The zero-order chi connectivity index (χ0) is 8.97. The number of nitrogens with one attached hydrogen (secondary N) is 1. The number of hydrogen-bond acceptors (Lipinski definition) is 2. The molecule has 1 atom stereocenters. The van der Waals surface area contributed by atoms with E-state index in [-0.39, 0.29) is 6.61 Å². The van der Waals surface area contributed by atoms with Crippen molar-refractivity contribution in [1.29, 1.82) is 0 Å². The maximum absolute atomic E-state index is 9.08. The van der Waals surface area contributed by atoms with Crippen molar-refractivity contribution in [2.24, 2.45) is 11.8 Å². The molecule has 0 bridgehead atoms. The van der Waals surface area contributed by atoms with E-state index in [9.17, 15) is 0 Å². The highest BCUT2D eigenvalue weighted by atomic mass is 16.3. The highest BCUT2D eigenvalue weighted by Gasteiger charge is 2.24. The van der Waals surface area contributed by atoms with Gasteiger partial charge in [-0.1, -0.05) is 19.8 Å². The first-order chi connectivity index (χ1) is 5.77. The summed E-state index contributed by atoms with van der Waals surface area (Å²) < 4.78 is 0. The van der Waals surface area contributed by atoms with Crippen molar-refractivity contribution in [3.05, 3.63) is 0 Å². The Morgan fingerprint density at radius 2 is 1.92 bits per heavy atom. The van der Waals surface area contributed by atoms with Crippen LogP contribution in [0.5, 0.6) is 0 Å². The van der Waals surface area contributed by atoms with E-state index >= 15 is 0 Å². The van der Waals surface area contributed by atoms with Crippen LogP contribution in [-0.4, -0.2) is 24.8 Å². The van der Waals surface area contributed by atoms with E-state index in [1.54, 1.807) is 0 Å². The lowest BCUT2D eigenvalue weighted by molar-refractivity contribution is 0.163. The van der Waals surface area contributed by atoms with Crippen LogP contribution in [0.1, 0.15) is 32.6 Å². The number of rotatable bonds is 3. The van der Waals surface area contributed by atoms with Gasteiger partial charge in [0.15, 0.2) is 0 Å². The van der Waals surface area contributed by atoms with Gasteiger partial charge in [0.05, 0.1) is 6.61 Å². The normalized spacial score (nSPS) is 33.2. The van der Waals surface area contributed by atoms with Crippen LogP contribution in [0.25, 0.3) is 0 Å². The summed E-state index contributed by atoms with van der Waals surface area (Å²) in [6.45, 7) is 2.61. The molecule has 12 heavy (non-hydrogen) atoms. The summed E-state index contributed by atoms with van der Waals surface area (Å²) in [5.74, 6) is 1.61. The number of aliphatic hydroxyl groups excluding tert-OH is 1. The molecule has 0 heterocycles. The van der Waals surface area contributed by atoms with Crippen LogP contribution in [0, 0.1) is 11.8 Å². The molecule has 0 aromatic carbocycles. The Morgan fingerprint density at radius 3 is 2.33 bits per heavy atom. The summed E-state index contributed by atoms with van der Waals surface area (Å²) >= 11 is 0. The highest BCUT2D eigenvalue weighted by molar-refractivity contribution is 4.79. The predicted molar refractivity (Wildman–Crippen MR) is 51.1 cm³/mol. The lowest BCUT2D eigenvalue weighted by atomic mass is 9.79. The Morgan fingerprint density at radius 1 is 1.33 bits per heavy atom. The first kappa shape index (κ1) is 10.0. The molecule has 1 aliphatic rings. The van der Waals surface area contributed by atoms with Crippen LogP contribution >= 0.6 is 0 Å². The Labute approximate surface area is 75.4 Å². The molecule has 1 saturated carbocycles. The van der Waals surface area contributed by atoms with E-state index in [4.69, 9.17) is 5.11 Å². The number of hydrogen-bond donors (Lipinski definition) is 2. The molecule has 0 spiro atoms. The van der Waals surface area contributed by atoms with Gasteiger partial charge >= 0.3 is 0 Å². The second-order valence-electron chi connectivity index (χ2n) is 4.10. The smallest absolute Gasteiger partial charge is 0.0587 e. The molecule has 0 radical (unpaired) electrons. The third kappa shape index (κ3) is 2.46. The molecule has 1 unspecified atom stereocenters. The molecular formula is C10H21NO. The van der Waals surface area contributed by atoms with Gasteiger partial charge in [-0.05, 0) is 31.7 Å². The summed E-state index contributed by atoms with van der Waals surface area (Å²) in [6, 6.07) is 0.331. The van der Waals surface area contributed by atoms with Crippen LogP contribution in [0.15, 0.2) is 0 Å². The molecule has 0 aliphatic heterocycles. The average Bonchev–Trinajstić information content (AvgIpc) is 2.10. The molecule has 1 rings (SSSR count). The standard InChI is InChI=1S/C10H21NO/c1-8-3-5-9(6-4-8)10(7-12)11-2/h8-12H,3-7H2,1-2H3. The molecule has 2 N–H and O–H groups in total. The van der Waals surface area contributed by atoms with Crippen LogP contribution < -0.4 is 5.32 Å². The molecular weight excluding hydrogens is 150 g/mol. The minimum absolute atomic E-state index is 0.287. The summed E-state index contributed by atoms with van der Waals surface area (Å²) in [4.78, 5) is 0. The van der Waals surface area contributed by atoms with Gasteiger partial charge in [0, 0.05) is 6.04 Å². The molecule has 1 fully saturated rings. The van der Waals surface area contributed by atoms with Crippen molar-refractivity contribution in [3.8, 4) is 0 Å². The molecule has 0 amide bonds. The maximum atomic E-state index is 9.08. The molecule has 2 nitrogen and oxygen atoms in total. The molecule has 0 aromatic rings. The third-order valence-corrected chi connectivity index (χ3v) is 3.20. The van der Waals surface area contributed by atoms with Gasteiger partial charge < -0.3 is 10.4 Å². The molecule has 0 aromatic heterocycles. The Hall–Kier alpha value is -0.0800. The van der Waals surface area contributed by atoms with E-state index in [0.29, 0.717) is 12.0 Å².